The number of hydrogen-bond donors (Lipinski definition) is 3. The zero-order chi connectivity index (χ0) is 18.1. The first-order valence-corrected chi connectivity index (χ1v) is 9.70. The van der Waals surface area contributed by atoms with Crippen molar-refractivity contribution >= 4 is 17.3 Å². The summed E-state index contributed by atoms with van der Waals surface area (Å²) in [7, 11) is 0. The summed E-state index contributed by atoms with van der Waals surface area (Å²) in [4.78, 5) is 9.24. The van der Waals surface area contributed by atoms with Crippen molar-refractivity contribution in [1.82, 2.24) is 15.6 Å². The minimum absolute atomic E-state index is 0.311. The molecule has 0 radical (unpaired) electrons. The molecule has 0 spiro atoms. The minimum Gasteiger partial charge on any atom is -0.508 e. The van der Waals surface area contributed by atoms with Crippen molar-refractivity contribution < 1.29 is 5.11 Å². The first-order valence-electron chi connectivity index (χ1n) is 8.83. The number of aryl methyl sites for hydroxylation is 1. The lowest BCUT2D eigenvalue weighted by atomic mass is 10.1. The van der Waals surface area contributed by atoms with Crippen LogP contribution in [0.25, 0.3) is 0 Å². The van der Waals surface area contributed by atoms with Crippen LogP contribution in [0, 0.1) is 0 Å². The molecular weight excluding hydrogens is 332 g/mol. The van der Waals surface area contributed by atoms with Crippen LogP contribution in [0.4, 0.5) is 0 Å². The summed E-state index contributed by atoms with van der Waals surface area (Å²) in [5.74, 6) is 1.60. The third-order valence-corrected chi connectivity index (χ3v) is 4.60. The van der Waals surface area contributed by atoms with Crippen LogP contribution in [0.5, 0.6) is 5.75 Å². The lowest BCUT2D eigenvalue weighted by molar-refractivity contribution is 0.475. The maximum atomic E-state index is 9.30. The van der Waals surface area contributed by atoms with Crippen LogP contribution in [-0.4, -0.2) is 29.1 Å². The summed E-state index contributed by atoms with van der Waals surface area (Å²) in [6.07, 6.45) is 1.97. The van der Waals surface area contributed by atoms with Gasteiger partial charge in [-0.05, 0) is 43.4 Å². The lowest BCUT2D eigenvalue weighted by Gasteiger charge is -2.11. The molecule has 1 aromatic carbocycles. The summed E-state index contributed by atoms with van der Waals surface area (Å²) < 4.78 is 0. The molecule has 5 nitrogen and oxygen atoms in total. The van der Waals surface area contributed by atoms with Crippen LogP contribution in [0.1, 0.15) is 49.4 Å². The van der Waals surface area contributed by atoms with E-state index in [-0.39, 0.29) is 0 Å². The molecule has 136 valence electrons. The first-order chi connectivity index (χ1) is 12.1. The highest BCUT2D eigenvalue weighted by molar-refractivity contribution is 7.09. The number of thiazole rings is 1. The molecule has 2 aromatic rings. The predicted molar refractivity (Wildman–Crippen MR) is 105 cm³/mol. The largest absolute Gasteiger partial charge is 0.508 e. The number of aliphatic imine (C=N–C) groups is 1. The molecule has 3 N–H and O–H groups in total. The summed E-state index contributed by atoms with van der Waals surface area (Å²) >= 11 is 1.67. The normalized spacial score (nSPS) is 11.8. The molecule has 0 fully saturated rings. The number of benzene rings is 1. The van der Waals surface area contributed by atoms with Gasteiger partial charge in [0.1, 0.15) is 10.8 Å². The zero-order valence-corrected chi connectivity index (χ0v) is 16.1. The van der Waals surface area contributed by atoms with Crippen molar-refractivity contribution in [2.24, 2.45) is 4.99 Å². The molecule has 0 amide bonds. The van der Waals surface area contributed by atoms with Crippen LogP contribution in [-0.2, 0) is 13.0 Å². The van der Waals surface area contributed by atoms with E-state index >= 15 is 0 Å². The molecule has 0 bridgehead atoms. The van der Waals surface area contributed by atoms with Gasteiger partial charge in [0.15, 0.2) is 5.96 Å². The number of aromatic nitrogens is 1. The van der Waals surface area contributed by atoms with Crippen molar-refractivity contribution in [3.8, 4) is 5.75 Å². The number of nitrogens with zero attached hydrogens (tertiary/aromatic N) is 2. The van der Waals surface area contributed by atoms with Crippen molar-refractivity contribution in [1.29, 1.82) is 0 Å². The molecule has 0 aliphatic carbocycles. The molecule has 0 saturated heterocycles. The van der Waals surface area contributed by atoms with Crippen LogP contribution in [0.15, 0.2) is 34.6 Å². The number of phenolic OH excluding ortho intramolecular Hbond substituents is 1. The van der Waals surface area contributed by atoms with Gasteiger partial charge in [0.25, 0.3) is 0 Å². The van der Waals surface area contributed by atoms with Gasteiger partial charge in [0.05, 0.1) is 12.2 Å². The van der Waals surface area contributed by atoms with Crippen molar-refractivity contribution in [2.45, 2.75) is 46.1 Å². The highest BCUT2D eigenvalue weighted by Gasteiger charge is 2.05. The van der Waals surface area contributed by atoms with E-state index in [4.69, 9.17) is 0 Å². The quantitative estimate of drug-likeness (QED) is 0.382. The zero-order valence-electron chi connectivity index (χ0n) is 15.2. The van der Waals surface area contributed by atoms with Crippen LogP contribution >= 0.6 is 11.3 Å². The van der Waals surface area contributed by atoms with E-state index in [1.165, 1.54) is 5.56 Å². The van der Waals surface area contributed by atoms with Crippen molar-refractivity contribution in [2.75, 3.05) is 13.1 Å². The highest BCUT2D eigenvalue weighted by Crippen LogP contribution is 2.18. The first kappa shape index (κ1) is 19.2. The van der Waals surface area contributed by atoms with Gasteiger partial charge in [0.2, 0.25) is 0 Å². The van der Waals surface area contributed by atoms with Crippen molar-refractivity contribution in [3.05, 3.63) is 45.9 Å². The Morgan fingerprint density at radius 2 is 2.00 bits per heavy atom. The molecule has 0 aliphatic rings. The van der Waals surface area contributed by atoms with Crippen molar-refractivity contribution in [3.63, 3.8) is 0 Å². The van der Waals surface area contributed by atoms with E-state index in [0.29, 0.717) is 18.2 Å². The Labute approximate surface area is 154 Å². The van der Waals surface area contributed by atoms with Crippen LogP contribution in [0.3, 0.4) is 0 Å². The average molecular weight is 361 g/mol. The van der Waals surface area contributed by atoms with Gasteiger partial charge in [0, 0.05) is 18.5 Å². The Morgan fingerprint density at radius 1 is 1.24 bits per heavy atom. The molecule has 0 atom stereocenters. The fourth-order valence-electron chi connectivity index (χ4n) is 2.31. The number of guanidine groups is 1. The highest BCUT2D eigenvalue weighted by atomic mass is 32.1. The smallest absolute Gasteiger partial charge is 0.191 e. The number of nitrogens with one attached hydrogen (secondary N) is 2. The second-order valence-corrected chi connectivity index (χ2v) is 7.16. The number of phenols is 1. The van der Waals surface area contributed by atoms with E-state index in [2.05, 4.69) is 46.8 Å². The maximum absolute atomic E-state index is 9.30. The fourth-order valence-corrected chi connectivity index (χ4v) is 3.19. The average Bonchev–Trinajstić information content (AvgIpc) is 3.07. The van der Waals surface area contributed by atoms with E-state index in [1.54, 1.807) is 23.5 Å². The third kappa shape index (κ3) is 6.74. The molecule has 2 rings (SSSR count). The van der Waals surface area contributed by atoms with Gasteiger partial charge in [-0.15, -0.1) is 11.3 Å². The SMILES string of the molecule is CCNC(=NCc1nc(C(C)C)cs1)NCCCc1ccc(O)cc1. The molecule has 0 unspecified atom stereocenters. The van der Waals surface area contributed by atoms with Gasteiger partial charge < -0.3 is 15.7 Å². The number of rotatable bonds is 8. The minimum atomic E-state index is 0.311. The Hall–Kier alpha value is -2.08. The molecule has 6 heteroatoms. The van der Waals surface area contributed by atoms with E-state index < -0.39 is 0 Å². The van der Waals surface area contributed by atoms with Gasteiger partial charge >= 0.3 is 0 Å². The van der Waals surface area contributed by atoms with Gasteiger partial charge in [-0.3, -0.25) is 0 Å². The molecular formula is C19H28N4OS. The van der Waals surface area contributed by atoms with E-state index in [9.17, 15) is 5.11 Å². The molecule has 1 heterocycles. The Kier molecular flexibility index (Phi) is 7.73. The molecule has 0 saturated carbocycles. The summed E-state index contributed by atoms with van der Waals surface area (Å²) in [5.41, 5.74) is 2.37. The second-order valence-electron chi connectivity index (χ2n) is 6.21. The second kappa shape index (κ2) is 10.0. The monoisotopic (exact) mass is 360 g/mol. The maximum Gasteiger partial charge on any atom is 0.191 e. The summed E-state index contributed by atoms with van der Waals surface area (Å²) in [6, 6.07) is 7.38. The van der Waals surface area contributed by atoms with Gasteiger partial charge in [-0.1, -0.05) is 26.0 Å². The van der Waals surface area contributed by atoms with Gasteiger partial charge in [-0.25, -0.2) is 9.98 Å². The summed E-state index contributed by atoms with van der Waals surface area (Å²) in [6.45, 7) is 8.66. The number of hydrogen-bond acceptors (Lipinski definition) is 4. The fraction of sp³-hybridized carbons (Fsp3) is 0.474. The molecule has 0 aliphatic heterocycles. The predicted octanol–water partition coefficient (Wildman–Crippen LogP) is 3.66. The van der Waals surface area contributed by atoms with Gasteiger partial charge in [-0.2, -0.15) is 0 Å². The third-order valence-electron chi connectivity index (χ3n) is 3.75. The summed E-state index contributed by atoms with van der Waals surface area (Å²) in [5, 5.41) is 19.1. The van der Waals surface area contributed by atoms with E-state index in [0.717, 1.165) is 42.6 Å². The topological polar surface area (TPSA) is 69.5 Å². The molecule has 1 aromatic heterocycles. The standard InChI is InChI=1S/C19H28N4OS/c1-4-20-19(22-12-18-23-17(13-25-18)14(2)3)21-11-5-6-15-7-9-16(24)10-8-15/h7-10,13-14,24H,4-6,11-12H2,1-3H3,(H2,20,21,22). The lowest BCUT2D eigenvalue weighted by Crippen LogP contribution is -2.37. The Morgan fingerprint density at radius 3 is 2.64 bits per heavy atom. The van der Waals surface area contributed by atoms with Crippen LogP contribution in [0.2, 0.25) is 0 Å². The van der Waals surface area contributed by atoms with Crippen LogP contribution < -0.4 is 10.6 Å². The Bertz CT molecular complexity index is 664. The molecule has 25 heavy (non-hydrogen) atoms. The number of aromatic hydroxyl groups is 1. The van der Waals surface area contributed by atoms with E-state index in [1.807, 2.05) is 12.1 Å². The Balaban J connectivity index is 1.79.